The fourth-order valence-electron chi connectivity index (χ4n) is 2.33. The maximum absolute atomic E-state index is 4.48. The van der Waals surface area contributed by atoms with Crippen LogP contribution in [0.1, 0.15) is 18.3 Å². The largest absolute Gasteiger partial charge is 0.270 e. The molecule has 0 aliphatic rings. The first-order valence-corrected chi connectivity index (χ1v) is 8.04. The van der Waals surface area contributed by atoms with Gasteiger partial charge in [-0.05, 0) is 52.8 Å². The molecule has 0 amide bonds. The third kappa shape index (κ3) is 3.18. The molecule has 3 rings (SSSR count). The van der Waals surface area contributed by atoms with Crippen LogP contribution in [0.15, 0.2) is 42.7 Å². The summed E-state index contributed by atoms with van der Waals surface area (Å²) in [5, 5.41) is 8.94. The van der Waals surface area contributed by atoms with Gasteiger partial charge in [-0.2, -0.15) is 10.2 Å². The van der Waals surface area contributed by atoms with Crippen molar-refractivity contribution in [3.05, 3.63) is 57.7 Å². The van der Waals surface area contributed by atoms with Gasteiger partial charge in [-0.1, -0.05) is 19.1 Å². The Balaban J connectivity index is 1.83. The van der Waals surface area contributed by atoms with E-state index in [1.165, 1.54) is 14.8 Å². The Hall–Kier alpha value is -1.63. The molecule has 0 atom stereocenters. The third-order valence-electron chi connectivity index (χ3n) is 3.50. The minimum absolute atomic E-state index is 0.743. The van der Waals surface area contributed by atoms with Crippen LogP contribution in [0.5, 0.6) is 0 Å². The summed E-state index contributed by atoms with van der Waals surface area (Å²) in [5.41, 5.74) is 4.64. The molecule has 108 valence electrons. The highest BCUT2D eigenvalue weighted by Crippen LogP contribution is 2.21. The second kappa shape index (κ2) is 6.01. The zero-order valence-electron chi connectivity index (χ0n) is 12.1. The van der Waals surface area contributed by atoms with Crippen LogP contribution in [-0.2, 0) is 20.0 Å². The lowest BCUT2D eigenvalue weighted by molar-refractivity contribution is 0.618. The van der Waals surface area contributed by atoms with E-state index in [1.54, 1.807) is 0 Å². The molecule has 0 radical (unpaired) electrons. The standard InChI is InChI=1S/C16H17IN4/c1-3-15-8-16(20(2)19-15)11-21-10-13(9-18-21)12-5-4-6-14(17)7-12/h4-10H,3,11H2,1-2H3. The predicted molar refractivity (Wildman–Crippen MR) is 92.1 cm³/mol. The Morgan fingerprint density at radius 3 is 2.76 bits per heavy atom. The minimum Gasteiger partial charge on any atom is -0.270 e. The van der Waals surface area contributed by atoms with E-state index in [4.69, 9.17) is 0 Å². The zero-order valence-corrected chi connectivity index (χ0v) is 14.3. The second-order valence-electron chi connectivity index (χ2n) is 5.04. The maximum Gasteiger partial charge on any atom is 0.0828 e. The highest BCUT2D eigenvalue weighted by molar-refractivity contribution is 14.1. The molecule has 0 N–H and O–H groups in total. The Labute approximate surface area is 137 Å². The van der Waals surface area contributed by atoms with Gasteiger partial charge in [0.2, 0.25) is 0 Å². The number of aryl methyl sites for hydroxylation is 2. The summed E-state index contributed by atoms with van der Waals surface area (Å²) in [7, 11) is 1.98. The van der Waals surface area contributed by atoms with Crippen LogP contribution in [0.4, 0.5) is 0 Å². The van der Waals surface area contributed by atoms with Gasteiger partial charge in [0.1, 0.15) is 0 Å². The van der Waals surface area contributed by atoms with Crippen molar-refractivity contribution in [2.24, 2.45) is 7.05 Å². The Kier molecular flexibility index (Phi) is 4.10. The summed E-state index contributed by atoms with van der Waals surface area (Å²) in [6.07, 6.45) is 4.97. The normalized spacial score (nSPS) is 11.0. The lowest BCUT2D eigenvalue weighted by atomic mass is 10.1. The molecule has 2 aromatic heterocycles. The fraction of sp³-hybridized carbons (Fsp3) is 0.250. The van der Waals surface area contributed by atoms with Gasteiger partial charge in [0, 0.05) is 22.4 Å². The molecular weight excluding hydrogens is 375 g/mol. The SMILES string of the molecule is CCc1cc(Cn2cc(-c3cccc(I)c3)cn2)n(C)n1. The van der Waals surface area contributed by atoms with Gasteiger partial charge in [-0.25, -0.2) is 0 Å². The van der Waals surface area contributed by atoms with Crippen LogP contribution >= 0.6 is 22.6 Å². The average Bonchev–Trinajstić information content (AvgIpc) is 3.07. The van der Waals surface area contributed by atoms with E-state index in [9.17, 15) is 0 Å². The first-order valence-electron chi connectivity index (χ1n) is 6.96. The monoisotopic (exact) mass is 392 g/mol. The number of rotatable bonds is 4. The van der Waals surface area contributed by atoms with Gasteiger partial charge in [-0.15, -0.1) is 0 Å². The summed E-state index contributed by atoms with van der Waals surface area (Å²) >= 11 is 2.33. The molecule has 0 bridgehead atoms. The topological polar surface area (TPSA) is 35.6 Å². The summed E-state index contributed by atoms with van der Waals surface area (Å²) in [6, 6.07) is 10.6. The van der Waals surface area contributed by atoms with Gasteiger partial charge in [0.05, 0.1) is 24.1 Å². The lowest BCUT2D eigenvalue weighted by Gasteiger charge is -2.02. The molecule has 4 nitrogen and oxygen atoms in total. The minimum atomic E-state index is 0.743. The molecule has 0 saturated heterocycles. The van der Waals surface area contributed by atoms with E-state index in [-0.39, 0.29) is 0 Å². The molecule has 0 unspecified atom stereocenters. The van der Waals surface area contributed by atoms with E-state index in [2.05, 4.69) is 76.2 Å². The summed E-state index contributed by atoms with van der Waals surface area (Å²) in [5.74, 6) is 0. The Morgan fingerprint density at radius 2 is 2.05 bits per heavy atom. The number of halogens is 1. The van der Waals surface area contributed by atoms with Crippen molar-refractivity contribution < 1.29 is 0 Å². The molecular formula is C16H17IN4. The van der Waals surface area contributed by atoms with Crippen LogP contribution in [0.3, 0.4) is 0 Å². The van der Waals surface area contributed by atoms with E-state index in [1.807, 2.05) is 22.6 Å². The van der Waals surface area contributed by atoms with Crippen LogP contribution in [0, 0.1) is 3.57 Å². The summed E-state index contributed by atoms with van der Waals surface area (Å²) in [6.45, 7) is 2.86. The van der Waals surface area contributed by atoms with E-state index in [0.717, 1.165) is 24.2 Å². The van der Waals surface area contributed by atoms with Crippen molar-refractivity contribution in [1.29, 1.82) is 0 Å². The Morgan fingerprint density at radius 1 is 1.19 bits per heavy atom. The lowest BCUT2D eigenvalue weighted by Crippen LogP contribution is -2.05. The van der Waals surface area contributed by atoms with E-state index in [0.29, 0.717) is 0 Å². The third-order valence-corrected chi connectivity index (χ3v) is 4.18. The number of benzene rings is 1. The summed E-state index contributed by atoms with van der Waals surface area (Å²) < 4.78 is 5.13. The predicted octanol–water partition coefficient (Wildman–Crippen LogP) is 3.50. The first kappa shape index (κ1) is 14.3. The highest BCUT2D eigenvalue weighted by Gasteiger charge is 2.07. The van der Waals surface area contributed by atoms with Crippen LogP contribution in [0.25, 0.3) is 11.1 Å². The molecule has 0 aliphatic heterocycles. The quantitative estimate of drug-likeness (QED) is 0.638. The zero-order chi connectivity index (χ0) is 14.8. The number of aromatic nitrogens is 4. The van der Waals surface area contributed by atoms with Crippen molar-refractivity contribution in [2.75, 3.05) is 0 Å². The van der Waals surface area contributed by atoms with Crippen molar-refractivity contribution in [2.45, 2.75) is 19.9 Å². The van der Waals surface area contributed by atoms with Crippen LogP contribution in [0.2, 0.25) is 0 Å². The Bertz CT molecular complexity index is 757. The molecule has 0 spiro atoms. The smallest absolute Gasteiger partial charge is 0.0828 e. The average molecular weight is 392 g/mol. The number of hydrogen-bond donors (Lipinski definition) is 0. The molecule has 0 aliphatic carbocycles. The van der Waals surface area contributed by atoms with Gasteiger partial charge in [0.15, 0.2) is 0 Å². The van der Waals surface area contributed by atoms with Gasteiger partial charge in [0.25, 0.3) is 0 Å². The fourth-order valence-corrected chi connectivity index (χ4v) is 2.87. The molecule has 1 aromatic carbocycles. The first-order chi connectivity index (χ1) is 10.2. The molecule has 21 heavy (non-hydrogen) atoms. The van der Waals surface area contributed by atoms with Gasteiger partial charge >= 0.3 is 0 Å². The van der Waals surface area contributed by atoms with Gasteiger partial charge in [-0.3, -0.25) is 9.36 Å². The number of hydrogen-bond acceptors (Lipinski definition) is 2. The van der Waals surface area contributed by atoms with Crippen molar-refractivity contribution in [3.63, 3.8) is 0 Å². The van der Waals surface area contributed by atoms with E-state index < -0.39 is 0 Å². The van der Waals surface area contributed by atoms with Crippen molar-refractivity contribution >= 4 is 22.6 Å². The van der Waals surface area contributed by atoms with E-state index >= 15 is 0 Å². The molecule has 0 fully saturated rings. The van der Waals surface area contributed by atoms with Crippen LogP contribution in [-0.4, -0.2) is 19.6 Å². The molecule has 2 heterocycles. The second-order valence-corrected chi connectivity index (χ2v) is 6.29. The molecule has 5 heteroatoms. The van der Waals surface area contributed by atoms with Gasteiger partial charge < -0.3 is 0 Å². The van der Waals surface area contributed by atoms with Crippen LogP contribution < -0.4 is 0 Å². The number of nitrogens with zero attached hydrogens (tertiary/aromatic N) is 4. The van der Waals surface area contributed by atoms with Crippen molar-refractivity contribution in [3.8, 4) is 11.1 Å². The molecule has 0 saturated carbocycles. The summed E-state index contributed by atoms with van der Waals surface area (Å²) in [4.78, 5) is 0. The molecule has 3 aromatic rings. The highest BCUT2D eigenvalue weighted by atomic mass is 127. The van der Waals surface area contributed by atoms with Crippen molar-refractivity contribution in [1.82, 2.24) is 19.6 Å². The maximum atomic E-state index is 4.48.